The van der Waals surface area contributed by atoms with E-state index in [0.717, 1.165) is 32.6 Å². The molecule has 0 aliphatic carbocycles. The summed E-state index contributed by atoms with van der Waals surface area (Å²) in [5, 5.41) is 4.82. The maximum absolute atomic E-state index is 5.21. The minimum atomic E-state index is 0.956. The van der Waals surface area contributed by atoms with Crippen LogP contribution in [-0.2, 0) is 0 Å². The van der Waals surface area contributed by atoms with Gasteiger partial charge in [-0.05, 0) is 35.0 Å². The molecule has 5 aromatic carbocycles. The lowest BCUT2D eigenvalue weighted by Gasteiger charge is -2.12. The number of nitrogens with zero attached hydrogens (tertiary/aromatic N) is 2. The summed E-state index contributed by atoms with van der Waals surface area (Å²) in [6.07, 6.45) is 0. The van der Waals surface area contributed by atoms with Crippen molar-refractivity contribution in [3.05, 3.63) is 108 Å². The molecule has 0 aliphatic heterocycles. The quantitative estimate of drug-likeness (QED) is 0.247. The van der Waals surface area contributed by atoms with Crippen molar-refractivity contribution in [3.8, 4) is 17.1 Å². The summed E-state index contributed by atoms with van der Waals surface area (Å²) >= 11 is 3.65. The highest BCUT2D eigenvalue weighted by atomic mass is 79.9. The van der Waals surface area contributed by atoms with Crippen LogP contribution >= 0.6 is 15.9 Å². The molecular formula is C27H17BrN2. The molecule has 0 fully saturated rings. The highest BCUT2D eigenvalue weighted by molar-refractivity contribution is 9.10. The van der Waals surface area contributed by atoms with E-state index in [2.05, 4.69) is 118 Å². The zero-order chi connectivity index (χ0) is 20.1. The second-order valence-corrected chi connectivity index (χ2v) is 8.32. The first-order valence-corrected chi connectivity index (χ1v) is 10.7. The Bertz CT molecular complexity index is 1530. The molecule has 0 atom stereocenters. The maximum atomic E-state index is 5.21. The van der Waals surface area contributed by atoms with Gasteiger partial charge in [0, 0.05) is 26.5 Å². The first-order valence-electron chi connectivity index (χ1n) is 9.94. The van der Waals surface area contributed by atoms with Crippen molar-refractivity contribution in [3.63, 3.8) is 0 Å². The number of aromatic nitrogens is 2. The lowest BCUT2D eigenvalue weighted by Crippen LogP contribution is -1.97. The van der Waals surface area contributed by atoms with Crippen LogP contribution in [-0.4, -0.2) is 9.55 Å². The zero-order valence-corrected chi connectivity index (χ0v) is 17.7. The van der Waals surface area contributed by atoms with Gasteiger partial charge in [-0.15, -0.1) is 0 Å². The third kappa shape index (κ3) is 2.59. The molecule has 0 saturated carbocycles. The molecule has 0 N–H and O–H groups in total. The minimum Gasteiger partial charge on any atom is -0.292 e. The van der Waals surface area contributed by atoms with Crippen molar-refractivity contribution in [2.24, 2.45) is 0 Å². The molecule has 6 aromatic rings. The Morgan fingerprint density at radius 1 is 0.600 bits per heavy atom. The lowest BCUT2D eigenvalue weighted by atomic mass is 10.00. The highest BCUT2D eigenvalue weighted by Crippen LogP contribution is 2.39. The van der Waals surface area contributed by atoms with Gasteiger partial charge >= 0.3 is 0 Å². The van der Waals surface area contributed by atoms with Crippen LogP contribution in [0.4, 0.5) is 0 Å². The van der Waals surface area contributed by atoms with Gasteiger partial charge in [-0.25, -0.2) is 4.98 Å². The Kier molecular flexibility index (Phi) is 3.96. The summed E-state index contributed by atoms with van der Waals surface area (Å²) in [6, 6.07) is 36.0. The summed E-state index contributed by atoms with van der Waals surface area (Å²) in [4.78, 5) is 5.21. The average molecular weight is 449 g/mol. The third-order valence-corrected chi connectivity index (χ3v) is 6.13. The first-order chi connectivity index (χ1) is 14.8. The molecule has 30 heavy (non-hydrogen) atoms. The third-order valence-electron chi connectivity index (χ3n) is 5.63. The van der Waals surface area contributed by atoms with Gasteiger partial charge in [-0.2, -0.15) is 0 Å². The van der Waals surface area contributed by atoms with Crippen LogP contribution < -0.4 is 0 Å². The molecule has 0 radical (unpaired) electrons. The van der Waals surface area contributed by atoms with Crippen LogP contribution in [0.3, 0.4) is 0 Å². The van der Waals surface area contributed by atoms with Crippen LogP contribution in [0.1, 0.15) is 0 Å². The minimum absolute atomic E-state index is 0.956. The largest absolute Gasteiger partial charge is 0.292 e. The van der Waals surface area contributed by atoms with E-state index in [1.54, 1.807) is 0 Å². The molecule has 0 amide bonds. The van der Waals surface area contributed by atoms with Crippen LogP contribution in [0.15, 0.2) is 108 Å². The van der Waals surface area contributed by atoms with Crippen LogP contribution in [0.5, 0.6) is 0 Å². The normalized spacial score (nSPS) is 11.5. The van der Waals surface area contributed by atoms with E-state index >= 15 is 0 Å². The van der Waals surface area contributed by atoms with Crippen molar-refractivity contribution in [2.45, 2.75) is 0 Å². The number of hydrogen-bond donors (Lipinski definition) is 0. The number of imidazole rings is 1. The molecule has 3 heteroatoms. The van der Waals surface area contributed by atoms with Crippen molar-refractivity contribution in [2.75, 3.05) is 0 Å². The molecular weight excluding hydrogens is 432 g/mol. The Labute approximate surface area is 182 Å². The first kappa shape index (κ1) is 17.4. The van der Waals surface area contributed by atoms with Gasteiger partial charge in [0.05, 0.1) is 11.0 Å². The Morgan fingerprint density at radius 2 is 1.27 bits per heavy atom. The van der Waals surface area contributed by atoms with Crippen molar-refractivity contribution in [1.29, 1.82) is 0 Å². The molecule has 6 rings (SSSR count). The highest BCUT2D eigenvalue weighted by Gasteiger charge is 2.19. The van der Waals surface area contributed by atoms with Gasteiger partial charge in [0.25, 0.3) is 0 Å². The molecule has 0 aliphatic rings. The molecule has 0 saturated heterocycles. The number of hydrogen-bond acceptors (Lipinski definition) is 1. The van der Waals surface area contributed by atoms with Crippen molar-refractivity contribution >= 4 is 48.5 Å². The SMILES string of the molecule is Brc1ccc2c(c1)c1ccccc1c1c2nc(-c2ccccc2)n1-c1ccccc1. The Hall–Kier alpha value is -3.43. The monoisotopic (exact) mass is 448 g/mol. The maximum Gasteiger partial charge on any atom is 0.145 e. The summed E-state index contributed by atoms with van der Waals surface area (Å²) < 4.78 is 3.37. The van der Waals surface area contributed by atoms with Gasteiger partial charge < -0.3 is 0 Å². The zero-order valence-electron chi connectivity index (χ0n) is 16.1. The van der Waals surface area contributed by atoms with E-state index in [1.165, 1.54) is 21.5 Å². The van der Waals surface area contributed by atoms with E-state index < -0.39 is 0 Å². The second-order valence-electron chi connectivity index (χ2n) is 7.41. The Balaban J connectivity index is 1.89. The standard InChI is InChI=1S/C27H17BrN2/c28-19-15-16-22-24(17-19)21-13-7-8-14-23(21)26-25(22)29-27(18-9-3-1-4-10-18)30(26)20-11-5-2-6-12-20/h1-17H. The summed E-state index contributed by atoms with van der Waals surface area (Å²) in [6.45, 7) is 0. The lowest BCUT2D eigenvalue weighted by molar-refractivity contribution is 1.11. The number of para-hydroxylation sites is 1. The number of benzene rings is 5. The fourth-order valence-electron chi connectivity index (χ4n) is 4.34. The summed E-state index contributed by atoms with van der Waals surface area (Å²) in [5.41, 5.74) is 4.39. The molecule has 0 bridgehead atoms. The van der Waals surface area contributed by atoms with E-state index in [4.69, 9.17) is 4.98 Å². The van der Waals surface area contributed by atoms with E-state index in [1.807, 2.05) is 6.07 Å². The number of halogens is 1. The molecule has 2 nitrogen and oxygen atoms in total. The Morgan fingerprint density at radius 3 is 2.03 bits per heavy atom. The topological polar surface area (TPSA) is 17.8 Å². The van der Waals surface area contributed by atoms with Crippen LogP contribution in [0.25, 0.3) is 49.7 Å². The molecule has 1 aromatic heterocycles. The van der Waals surface area contributed by atoms with E-state index in [-0.39, 0.29) is 0 Å². The van der Waals surface area contributed by atoms with Crippen LogP contribution in [0, 0.1) is 0 Å². The number of fused-ring (bicyclic) bond motifs is 6. The smallest absolute Gasteiger partial charge is 0.145 e. The van der Waals surface area contributed by atoms with Gasteiger partial charge in [-0.3, -0.25) is 4.57 Å². The van der Waals surface area contributed by atoms with E-state index in [0.29, 0.717) is 0 Å². The summed E-state index contributed by atoms with van der Waals surface area (Å²) in [5.74, 6) is 0.956. The average Bonchev–Trinajstić information content (AvgIpc) is 3.21. The fourth-order valence-corrected chi connectivity index (χ4v) is 4.70. The molecule has 1 heterocycles. The van der Waals surface area contributed by atoms with Crippen LogP contribution in [0.2, 0.25) is 0 Å². The van der Waals surface area contributed by atoms with Gasteiger partial charge in [0.1, 0.15) is 5.82 Å². The van der Waals surface area contributed by atoms with Gasteiger partial charge in [0.15, 0.2) is 0 Å². The predicted octanol–water partition coefficient (Wildman–Crippen LogP) is 7.76. The van der Waals surface area contributed by atoms with Crippen molar-refractivity contribution < 1.29 is 0 Å². The molecule has 0 spiro atoms. The predicted molar refractivity (Wildman–Crippen MR) is 129 cm³/mol. The van der Waals surface area contributed by atoms with Crippen molar-refractivity contribution in [1.82, 2.24) is 9.55 Å². The second kappa shape index (κ2) is 6.82. The summed E-state index contributed by atoms with van der Waals surface area (Å²) in [7, 11) is 0. The fraction of sp³-hybridized carbons (Fsp3) is 0. The van der Waals surface area contributed by atoms with Gasteiger partial charge in [-0.1, -0.05) is 94.8 Å². The van der Waals surface area contributed by atoms with E-state index in [9.17, 15) is 0 Å². The number of rotatable bonds is 2. The molecule has 142 valence electrons. The van der Waals surface area contributed by atoms with Gasteiger partial charge in [0.2, 0.25) is 0 Å². The molecule has 0 unspecified atom stereocenters.